The Balaban J connectivity index is 4.13. The summed E-state index contributed by atoms with van der Waals surface area (Å²) in [6, 6.07) is 0. The molecule has 0 aliphatic heterocycles. The van der Waals surface area contributed by atoms with E-state index in [1.165, 1.54) is 0 Å². The van der Waals surface area contributed by atoms with Crippen molar-refractivity contribution in [2.75, 3.05) is 0 Å². The minimum absolute atomic E-state index is 0.151. The Kier molecular flexibility index (Phi) is 9.06. The molecule has 0 aromatic carbocycles. The zero-order valence-corrected chi connectivity index (χ0v) is 11.8. The molecule has 2 nitrogen and oxygen atoms in total. The number of allylic oxidation sites excluding steroid dienone is 2. The maximum Gasteiger partial charge on any atom is 0.138 e. The number of carbonyl (C=O) groups is 1. The second-order valence-electron chi connectivity index (χ2n) is 4.94. The molecule has 0 spiro atoms. The Morgan fingerprint density at radius 3 is 2.41 bits per heavy atom. The monoisotopic (exact) mass is 240 g/mol. The highest BCUT2D eigenvalue weighted by molar-refractivity contribution is 5.81. The van der Waals surface area contributed by atoms with Gasteiger partial charge >= 0.3 is 0 Å². The van der Waals surface area contributed by atoms with Gasteiger partial charge in [0.25, 0.3) is 0 Å². The molecule has 0 saturated carbocycles. The van der Waals surface area contributed by atoms with Crippen molar-refractivity contribution >= 4 is 5.78 Å². The van der Waals surface area contributed by atoms with Crippen LogP contribution in [-0.2, 0) is 4.79 Å². The normalized spacial score (nSPS) is 17.0. The number of ketones is 1. The number of carbonyl (C=O) groups excluding carboxylic acids is 1. The summed E-state index contributed by atoms with van der Waals surface area (Å²) >= 11 is 0. The molecule has 0 aromatic rings. The predicted octanol–water partition coefficient (Wildman–Crippen LogP) is 3.74. The van der Waals surface area contributed by atoms with E-state index in [4.69, 9.17) is 0 Å². The minimum atomic E-state index is -0.513. The lowest BCUT2D eigenvalue weighted by Crippen LogP contribution is -2.31. The number of Topliss-reactive ketones (excluding diaryl/α,β-unsaturated/α-hetero) is 1. The molecule has 0 aliphatic rings. The Morgan fingerprint density at radius 1 is 1.24 bits per heavy atom. The molecule has 0 rings (SSSR count). The number of rotatable bonds is 9. The smallest absolute Gasteiger partial charge is 0.138 e. The first-order valence-corrected chi connectivity index (χ1v) is 6.90. The van der Waals surface area contributed by atoms with Gasteiger partial charge < -0.3 is 5.11 Å². The van der Waals surface area contributed by atoms with Crippen LogP contribution in [-0.4, -0.2) is 17.0 Å². The molecule has 0 fully saturated rings. The quantitative estimate of drug-likeness (QED) is 0.623. The fourth-order valence-corrected chi connectivity index (χ4v) is 1.88. The molecule has 0 bridgehead atoms. The van der Waals surface area contributed by atoms with Gasteiger partial charge in [-0.05, 0) is 25.2 Å². The van der Waals surface area contributed by atoms with Crippen LogP contribution in [0.4, 0.5) is 0 Å². The van der Waals surface area contributed by atoms with Crippen molar-refractivity contribution in [1.82, 2.24) is 0 Å². The van der Waals surface area contributed by atoms with Gasteiger partial charge in [0.2, 0.25) is 0 Å². The molecular formula is C15H28O2. The maximum atomic E-state index is 11.8. The topological polar surface area (TPSA) is 37.3 Å². The molecule has 3 atom stereocenters. The first-order chi connectivity index (χ1) is 8.04. The summed E-state index contributed by atoms with van der Waals surface area (Å²) in [5.41, 5.74) is 0. The molecule has 17 heavy (non-hydrogen) atoms. The van der Waals surface area contributed by atoms with E-state index in [2.05, 4.69) is 26.0 Å². The SMILES string of the molecule is CC/C=C/C[C@H](C)[C@H](O)[C@@H](C)C(=O)CCCC. The number of hydrogen-bond donors (Lipinski definition) is 1. The fraction of sp³-hybridized carbons (Fsp3) is 0.800. The van der Waals surface area contributed by atoms with E-state index in [1.54, 1.807) is 0 Å². The van der Waals surface area contributed by atoms with Crippen LogP contribution in [0.1, 0.15) is 59.8 Å². The third kappa shape index (κ3) is 6.62. The lowest BCUT2D eigenvalue weighted by molar-refractivity contribution is -0.126. The maximum absolute atomic E-state index is 11.8. The van der Waals surface area contributed by atoms with Crippen molar-refractivity contribution in [3.05, 3.63) is 12.2 Å². The Hall–Kier alpha value is -0.630. The highest BCUT2D eigenvalue weighted by atomic mass is 16.3. The molecule has 0 heterocycles. The van der Waals surface area contributed by atoms with Crippen LogP contribution in [0.5, 0.6) is 0 Å². The largest absolute Gasteiger partial charge is 0.392 e. The molecule has 0 unspecified atom stereocenters. The standard InChI is InChI=1S/C15H28O2/c1-5-7-9-10-12(3)15(17)13(4)14(16)11-8-6-2/h7,9,12-13,15,17H,5-6,8,10-11H2,1-4H3/b9-7+/t12-,13-,15-/m0/s1. The molecule has 0 saturated heterocycles. The molecule has 2 heteroatoms. The molecular weight excluding hydrogens is 212 g/mol. The van der Waals surface area contributed by atoms with Gasteiger partial charge in [-0.25, -0.2) is 0 Å². The Bertz CT molecular complexity index is 233. The number of hydrogen-bond acceptors (Lipinski definition) is 2. The van der Waals surface area contributed by atoms with Crippen LogP contribution >= 0.6 is 0 Å². The first kappa shape index (κ1) is 16.4. The van der Waals surface area contributed by atoms with Gasteiger partial charge in [-0.2, -0.15) is 0 Å². The van der Waals surface area contributed by atoms with E-state index in [1.807, 2.05) is 13.8 Å². The summed E-state index contributed by atoms with van der Waals surface area (Å²) in [7, 11) is 0. The lowest BCUT2D eigenvalue weighted by atomic mass is 9.87. The van der Waals surface area contributed by atoms with Gasteiger partial charge in [0, 0.05) is 12.3 Å². The van der Waals surface area contributed by atoms with E-state index in [0.29, 0.717) is 6.42 Å². The second kappa shape index (κ2) is 9.41. The van der Waals surface area contributed by atoms with Gasteiger partial charge in [-0.15, -0.1) is 0 Å². The average molecular weight is 240 g/mol. The van der Waals surface area contributed by atoms with Gasteiger partial charge in [-0.3, -0.25) is 4.79 Å². The van der Waals surface area contributed by atoms with Crippen molar-refractivity contribution in [2.45, 2.75) is 65.9 Å². The fourth-order valence-electron chi connectivity index (χ4n) is 1.88. The van der Waals surface area contributed by atoms with E-state index in [-0.39, 0.29) is 17.6 Å². The number of aliphatic hydroxyl groups is 1. The highest BCUT2D eigenvalue weighted by Gasteiger charge is 2.25. The molecule has 0 aliphatic carbocycles. The van der Waals surface area contributed by atoms with E-state index in [0.717, 1.165) is 25.7 Å². The lowest BCUT2D eigenvalue weighted by Gasteiger charge is -2.23. The van der Waals surface area contributed by atoms with Gasteiger partial charge in [0.05, 0.1) is 6.10 Å². The van der Waals surface area contributed by atoms with Crippen LogP contribution in [0.15, 0.2) is 12.2 Å². The van der Waals surface area contributed by atoms with Crippen molar-refractivity contribution < 1.29 is 9.90 Å². The highest BCUT2D eigenvalue weighted by Crippen LogP contribution is 2.19. The number of unbranched alkanes of at least 4 members (excludes halogenated alkanes) is 1. The number of aliphatic hydroxyl groups excluding tert-OH is 1. The Morgan fingerprint density at radius 2 is 1.88 bits per heavy atom. The van der Waals surface area contributed by atoms with Crippen molar-refractivity contribution in [3.8, 4) is 0 Å². The summed E-state index contributed by atoms with van der Waals surface area (Å²) in [5, 5.41) is 10.1. The summed E-state index contributed by atoms with van der Waals surface area (Å²) in [6.07, 6.45) is 8.12. The third-order valence-corrected chi connectivity index (χ3v) is 3.29. The van der Waals surface area contributed by atoms with Crippen LogP contribution in [0, 0.1) is 11.8 Å². The van der Waals surface area contributed by atoms with Gasteiger partial charge in [0.1, 0.15) is 5.78 Å². The van der Waals surface area contributed by atoms with Crippen molar-refractivity contribution in [3.63, 3.8) is 0 Å². The van der Waals surface area contributed by atoms with Crippen LogP contribution in [0.2, 0.25) is 0 Å². The van der Waals surface area contributed by atoms with Gasteiger partial charge in [-0.1, -0.05) is 46.3 Å². The molecule has 100 valence electrons. The summed E-state index contributed by atoms with van der Waals surface area (Å²) < 4.78 is 0. The molecule has 0 amide bonds. The molecule has 1 N–H and O–H groups in total. The third-order valence-electron chi connectivity index (χ3n) is 3.29. The van der Waals surface area contributed by atoms with E-state index < -0.39 is 6.10 Å². The minimum Gasteiger partial charge on any atom is -0.392 e. The van der Waals surface area contributed by atoms with E-state index in [9.17, 15) is 9.90 Å². The predicted molar refractivity (Wildman–Crippen MR) is 72.9 cm³/mol. The zero-order valence-electron chi connectivity index (χ0n) is 11.8. The van der Waals surface area contributed by atoms with Crippen molar-refractivity contribution in [2.24, 2.45) is 11.8 Å². The van der Waals surface area contributed by atoms with Gasteiger partial charge in [0.15, 0.2) is 0 Å². The summed E-state index contributed by atoms with van der Waals surface area (Å²) in [4.78, 5) is 11.8. The average Bonchev–Trinajstić information content (AvgIpc) is 2.34. The molecule has 0 radical (unpaired) electrons. The zero-order chi connectivity index (χ0) is 13.3. The van der Waals surface area contributed by atoms with Crippen LogP contribution < -0.4 is 0 Å². The van der Waals surface area contributed by atoms with E-state index >= 15 is 0 Å². The summed E-state index contributed by atoms with van der Waals surface area (Å²) in [6.45, 7) is 8.03. The van der Waals surface area contributed by atoms with Crippen molar-refractivity contribution in [1.29, 1.82) is 0 Å². The van der Waals surface area contributed by atoms with Crippen LogP contribution in [0.25, 0.3) is 0 Å². The second-order valence-corrected chi connectivity index (χ2v) is 4.94. The Labute approximate surface area is 106 Å². The summed E-state index contributed by atoms with van der Waals surface area (Å²) in [5.74, 6) is 0.121. The molecule has 0 aromatic heterocycles. The van der Waals surface area contributed by atoms with Crippen LogP contribution in [0.3, 0.4) is 0 Å². The first-order valence-electron chi connectivity index (χ1n) is 6.90.